The topological polar surface area (TPSA) is 42.0 Å². The number of benzene rings is 1. The van der Waals surface area contributed by atoms with Crippen LogP contribution in [0.25, 0.3) is 0 Å². The SMILES string of the molecule is CCOCc1cc(CN2CCCN(C(=O)C3CC3)CC2)ccc1OC. The highest BCUT2D eigenvalue weighted by molar-refractivity contribution is 5.81. The van der Waals surface area contributed by atoms with E-state index in [0.717, 1.165) is 63.3 Å². The molecule has 3 rings (SSSR count). The van der Waals surface area contributed by atoms with Gasteiger partial charge >= 0.3 is 0 Å². The molecule has 138 valence electrons. The Labute approximate surface area is 150 Å². The molecule has 5 nitrogen and oxygen atoms in total. The highest BCUT2D eigenvalue weighted by Gasteiger charge is 2.33. The van der Waals surface area contributed by atoms with Crippen LogP contribution in [-0.4, -0.2) is 55.6 Å². The predicted octanol–water partition coefficient (Wildman–Crippen LogP) is 2.68. The van der Waals surface area contributed by atoms with E-state index < -0.39 is 0 Å². The zero-order valence-electron chi connectivity index (χ0n) is 15.5. The largest absolute Gasteiger partial charge is 0.496 e. The summed E-state index contributed by atoms with van der Waals surface area (Å²) in [6.07, 6.45) is 3.24. The Hall–Kier alpha value is -1.59. The average Bonchev–Trinajstić information content (AvgIpc) is 3.47. The first-order chi connectivity index (χ1) is 12.2. The number of carbonyl (C=O) groups is 1. The summed E-state index contributed by atoms with van der Waals surface area (Å²) in [6, 6.07) is 6.35. The summed E-state index contributed by atoms with van der Waals surface area (Å²) < 4.78 is 11.0. The Morgan fingerprint density at radius 3 is 2.76 bits per heavy atom. The van der Waals surface area contributed by atoms with E-state index in [1.807, 2.05) is 13.0 Å². The van der Waals surface area contributed by atoms with Crippen LogP contribution in [0.4, 0.5) is 0 Å². The zero-order chi connectivity index (χ0) is 17.6. The van der Waals surface area contributed by atoms with Crippen molar-refractivity contribution in [2.24, 2.45) is 5.92 Å². The van der Waals surface area contributed by atoms with Gasteiger partial charge in [0.15, 0.2) is 0 Å². The molecule has 0 N–H and O–H groups in total. The van der Waals surface area contributed by atoms with Gasteiger partial charge in [-0.3, -0.25) is 9.69 Å². The van der Waals surface area contributed by atoms with Gasteiger partial charge in [0.25, 0.3) is 0 Å². The number of rotatable bonds is 7. The number of methoxy groups -OCH3 is 1. The summed E-state index contributed by atoms with van der Waals surface area (Å²) in [5, 5.41) is 0. The lowest BCUT2D eigenvalue weighted by atomic mass is 10.1. The van der Waals surface area contributed by atoms with Crippen molar-refractivity contribution in [3.8, 4) is 5.75 Å². The standard InChI is InChI=1S/C20H30N2O3/c1-3-25-15-18-13-16(5-8-19(18)24-2)14-21-9-4-10-22(12-11-21)20(23)17-6-7-17/h5,8,13,17H,3-4,6-7,9-12,14-15H2,1-2H3. The molecule has 1 amide bonds. The van der Waals surface area contributed by atoms with Crippen molar-refractivity contribution < 1.29 is 14.3 Å². The first kappa shape index (κ1) is 18.2. The minimum atomic E-state index is 0.328. The van der Waals surface area contributed by atoms with E-state index in [1.165, 1.54) is 5.56 Å². The fraction of sp³-hybridized carbons (Fsp3) is 0.650. The third-order valence-electron chi connectivity index (χ3n) is 5.04. The van der Waals surface area contributed by atoms with Gasteiger partial charge in [0, 0.05) is 50.8 Å². The summed E-state index contributed by atoms with van der Waals surface area (Å²) >= 11 is 0. The zero-order valence-corrected chi connectivity index (χ0v) is 15.5. The predicted molar refractivity (Wildman–Crippen MR) is 97.5 cm³/mol. The summed E-state index contributed by atoms with van der Waals surface area (Å²) in [6.45, 7) is 7.95. The summed E-state index contributed by atoms with van der Waals surface area (Å²) in [5.41, 5.74) is 2.37. The molecular weight excluding hydrogens is 316 g/mol. The second-order valence-corrected chi connectivity index (χ2v) is 7.01. The Morgan fingerprint density at radius 1 is 1.20 bits per heavy atom. The van der Waals surface area contributed by atoms with E-state index >= 15 is 0 Å². The Bertz CT molecular complexity index is 586. The van der Waals surface area contributed by atoms with Crippen LogP contribution < -0.4 is 4.74 Å². The normalized spacial score (nSPS) is 18.9. The van der Waals surface area contributed by atoms with E-state index in [1.54, 1.807) is 7.11 Å². The maximum atomic E-state index is 12.3. The van der Waals surface area contributed by atoms with Crippen molar-refractivity contribution in [2.45, 2.75) is 39.3 Å². The van der Waals surface area contributed by atoms with Crippen molar-refractivity contribution in [2.75, 3.05) is 39.9 Å². The maximum Gasteiger partial charge on any atom is 0.225 e. The van der Waals surface area contributed by atoms with E-state index in [9.17, 15) is 4.79 Å². The van der Waals surface area contributed by atoms with E-state index in [2.05, 4.69) is 21.9 Å². The molecule has 0 spiro atoms. The molecule has 1 aliphatic heterocycles. The first-order valence-electron chi connectivity index (χ1n) is 9.46. The van der Waals surface area contributed by atoms with Gasteiger partial charge in [-0.15, -0.1) is 0 Å². The van der Waals surface area contributed by atoms with Crippen LogP contribution in [0.3, 0.4) is 0 Å². The molecule has 25 heavy (non-hydrogen) atoms. The summed E-state index contributed by atoms with van der Waals surface area (Å²) in [5.74, 6) is 1.59. The highest BCUT2D eigenvalue weighted by atomic mass is 16.5. The molecule has 5 heteroatoms. The number of ether oxygens (including phenoxy) is 2. The Morgan fingerprint density at radius 2 is 2.04 bits per heavy atom. The van der Waals surface area contributed by atoms with Crippen LogP contribution in [-0.2, 0) is 22.7 Å². The molecule has 0 unspecified atom stereocenters. The molecule has 1 aromatic rings. The molecule has 1 heterocycles. The third kappa shape index (κ3) is 4.95. The second-order valence-electron chi connectivity index (χ2n) is 7.01. The van der Waals surface area contributed by atoms with Crippen LogP contribution in [0.5, 0.6) is 5.75 Å². The summed E-state index contributed by atoms with van der Waals surface area (Å²) in [7, 11) is 1.70. The monoisotopic (exact) mass is 346 g/mol. The fourth-order valence-electron chi connectivity index (χ4n) is 3.45. The number of nitrogens with zero attached hydrogens (tertiary/aromatic N) is 2. The lowest BCUT2D eigenvalue weighted by Crippen LogP contribution is -2.36. The molecule has 1 saturated heterocycles. The quantitative estimate of drug-likeness (QED) is 0.761. The third-order valence-corrected chi connectivity index (χ3v) is 5.04. The minimum Gasteiger partial charge on any atom is -0.496 e. The van der Waals surface area contributed by atoms with Crippen LogP contribution in [0, 0.1) is 5.92 Å². The van der Waals surface area contributed by atoms with Crippen LogP contribution in [0.2, 0.25) is 0 Å². The molecule has 1 saturated carbocycles. The molecule has 0 atom stereocenters. The van der Waals surface area contributed by atoms with Gasteiger partial charge in [0.05, 0.1) is 13.7 Å². The van der Waals surface area contributed by atoms with Gasteiger partial charge < -0.3 is 14.4 Å². The average molecular weight is 346 g/mol. The lowest BCUT2D eigenvalue weighted by molar-refractivity contribution is -0.132. The van der Waals surface area contributed by atoms with Gasteiger partial charge in [-0.25, -0.2) is 0 Å². The number of carbonyl (C=O) groups excluding carboxylic acids is 1. The Balaban J connectivity index is 1.58. The fourth-order valence-corrected chi connectivity index (χ4v) is 3.45. The molecule has 0 bridgehead atoms. The second kappa shape index (κ2) is 8.68. The molecule has 1 aliphatic carbocycles. The van der Waals surface area contributed by atoms with Crippen molar-refractivity contribution in [1.29, 1.82) is 0 Å². The molecular formula is C20H30N2O3. The number of hydrogen-bond donors (Lipinski definition) is 0. The molecule has 0 radical (unpaired) electrons. The van der Waals surface area contributed by atoms with Crippen LogP contribution in [0.1, 0.15) is 37.3 Å². The molecule has 0 aromatic heterocycles. The highest BCUT2D eigenvalue weighted by Crippen LogP contribution is 2.31. The first-order valence-corrected chi connectivity index (χ1v) is 9.46. The summed E-state index contributed by atoms with van der Waals surface area (Å²) in [4.78, 5) is 16.8. The van der Waals surface area contributed by atoms with E-state index in [4.69, 9.17) is 9.47 Å². The van der Waals surface area contributed by atoms with Crippen LogP contribution >= 0.6 is 0 Å². The van der Waals surface area contributed by atoms with Gasteiger partial charge in [-0.2, -0.15) is 0 Å². The molecule has 2 fully saturated rings. The van der Waals surface area contributed by atoms with Crippen molar-refractivity contribution >= 4 is 5.91 Å². The number of hydrogen-bond acceptors (Lipinski definition) is 4. The van der Waals surface area contributed by atoms with Gasteiger partial charge in [-0.1, -0.05) is 6.07 Å². The Kier molecular flexibility index (Phi) is 6.32. The lowest BCUT2D eigenvalue weighted by Gasteiger charge is -2.22. The smallest absolute Gasteiger partial charge is 0.225 e. The molecule has 2 aliphatic rings. The number of amides is 1. The maximum absolute atomic E-state index is 12.3. The minimum absolute atomic E-state index is 0.328. The molecule has 1 aromatic carbocycles. The van der Waals surface area contributed by atoms with Crippen molar-refractivity contribution in [3.05, 3.63) is 29.3 Å². The van der Waals surface area contributed by atoms with Gasteiger partial charge in [0.2, 0.25) is 5.91 Å². The van der Waals surface area contributed by atoms with E-state index in [-0.39, 0.29) is 0 Å². The van der Waals surface area contributed by atoms with Crippen molar-refractivity contribution in [1.82, 2.24) is 9.80 Å². The van der Waals surface area contributed by atoms with Crippen molar-refractivity contribution in [3.63, 3.8) is 0 Å². The van der Waals surface area contributed by atoms with E-state index in [0.29, 0.717) is 25.0 Å². The van der Waals surface area contributed by atoms with Gasteiger partial charge in [-0.05, 0) is 43.9 Å². The van der Waals surface area contributed by atoms with Gasteiger partial charge in [0.1, 0.15) is 5.75 Å². The van der Waals surface area contributed by atoms with Crippen LogP contribution in [0.15, 0.2) is 18.2 Å².